The number of thioether (sulfide) groups is 1. The number of aromatic nitrogens is 5. The number of hydrogen-bond donors (Lipinski definition) is 3. The molecule has 4 rings (SSSR count). The fourth-order valence-corrected chi connectivity index (χ4v) is 3.55. The number of rotatable bonds is 6. The Balaban J connectivity index is 1.84. The van der Waals surface area contributed by atoms with Gasteiger partial charge in [-0.25, -0.2) is 10.2 Å². The minimum atomic E-state index is -0.598. The molecule has 0 spiro atoms. The number of benzene rings is 2. The van der Waals surface area contributed by atoms with Gasteiger partial charge in [0, 0.05) is 11.1 Å². The van der Waals surface area contributed by atoms with Gasteiger partial charge in [-0.05, 0) is 11.3 Å². The van der Waals surface area contributed by atoms with Gasteiger partial charge in [-0.3, -0.25) is 14.9 Å². The van der Waals surface area contributed by atoms with Crippen LogP contribution in [0.2, 0.25) is 0 Å². The summed E-state index contributed by atoms with van der Waals surface area (Å²) in [4.78, 5) is 30.0. The normalized spacial score (nSPS) is 10.7. The van der Waals surface area contributed by atoms with Crippen molar-refractivity contribution in [1.82, 2.24) is 25.4 Å². The average molecular weight is 418 g/mol. The van der Waals surface area contributed by atoms with Crippen molar-refractivity contribution in [3.8, 4) is 22.4 Å². The second kappa shape index (κ2) is 8.75. The zero-order valence-electron chi connectivity index (χ0n) is 16.0. The largest absolute Gasteiger partial charge is 0.291 e. The summed E-state index contributed by atoms with van der Waals surface area (Å²) < 4.78 is 0. The van der Waals surface area contributed by atoms with Gasteiger partial charge in [-0.2, -0.15) is 10.1 Å². The van der Waals surface area contributed by atoms with Gasteiger partial charge >= 0.3 is 0 Å². The smallest absolute Gasteiger partial charge is 0.277 e. The number of carbonyl (C=O) groups excluding carboxylic acids is 1. The van der Waals surface area contributed by atoms with Gasteiger partial charge in [-0.15, -0.1) is 5.10 Å². The van der Waals surface area contributed by atoms with Crippen LogP contribution in [-0.2, 0) is 0 Å². The molecule has 0 bridgehead atoms. The highest BCUT2D eigenvalue weighted by Crippen LogP contribution is 2.31. The Morgan fingerprint density at radius 2 is 1.63 bits per heavy atom. The van der Waals surface area contributed by atoms with Gasteiger partial charge < -0.3 is 0 Å². The van der Waals surface area contributed by atoms with Crippen molar-refractivity contribution < 1.29 is 4.79 Å². The standard InChI is InChI=1S/C21H18N6O2S/c1-2-30-21-23-20(26-27-21)22-18(28)16-15(13-9-5-3-6-10-13)17(24-25-19(16)29)14-11-7-4-8-12-14/h3-12H,2H2,1H3,(H,25,29)(H2,22,23,26,27,28). The van der Waals surface area contributed by atoms with Gasteiger partial charge in [0.25, 0.3) is 11.5 Å². The number of nitrogens with one attached hydrogen (secondary N) is 3. The number of H-pyrrole nitrogens is 2. The molecular weight excluding hydrogens is 400 g/mol. The molecule has 0 radical (unpaired) electrons. The Hall–Kier alpha value is -3.72. The van der Waals surface area contributed by atoms with Crippen LogP contribution in [0.25, 0.3) is 22.4 Å². The van der Waals surface area contributed by atoms with E-state index >= 15 is 0 Å². The van der Waals surface area contributed by atoms with Crippen molar-refractivity contribution in [2.45, 2.75) is 12.1 Å². The molecule has 4 aromatic rings. The Bertz CT molecular complexity index is 1220. The molecule has 0 aliphatic rings. The molecule has 0 saturated heterocycles. The summed E-state index contributed by atoms with van der Waals surface area (Å²) in [6.45, 7) is 1.98. The first-order valence-electron chi connectivity index (χ1n) is 9.27. The van der Waals surface area contributed by atoms with Crippen molar-refractivity contribution in [1.29, 1.82) is 0 Å². The molecular formula is C21H18N6O2S. The molecule has 8 nitrogen and oxygen atoms in total. The Kier molecular flexibility index (Phi) is 5.71. The molecule has 0 aliphatic carbocycles. The maximum atomic E-state index is 13.1. The highest BCUT2D eigenvalue weighted by Gasteiger charge is 2.23. The lowest BCUT2D eigenvalue weighted by molar-refractivity contribution is 0.102. The van der Waals surface area contributed by atoms with Crippen LogP contribution >= 0.6 is 11.8 Å². The monoisotopic (exact) mass is 418 g/mol. The van der Waals surface area contributed by atoms with Crippen molar-refractivity contribution in [3.05, 3.63) is 76.6 Å². The number of anilines is 1. The Morgan fingerprint density at radius 3 is 2.30 bits per heavy atom. The first-order chi connectivity index (χ1) is 14.7. The first kappa shape index (κ1) is 19.6. The summed E-state index contributed by atoms with van der Waals surface area (Å²) in [5.74, 6) is 0.375. The summed E-state index contributed by atoms with van der Waals surface area (Å²) in [6, 6.07) is 18.6. The van der Waals surface area contributed by atoms with Crippen LogP contribution in [0.4, 0.5) is 5.95 Å². The molecule has 0 saturated carbocycles. The SMILES string of the molecule is CCSc1n[nH]c(NC(=O)c2c(-c3ccccc3)c(-c3ccccc3)n[nH]c2=O)n1. The second-order valence-electron chi connectivity index (χ2n) is 6.24. The van der Waals surface area contributed by atoms with E-state index in [4.69, 9.17) is 0 Å². The summed E-state index contributed by atoms with van der Waals surface area (Å²) in [7, 11) is 0. The van der Waals surface area contributed by atoms with Crippen molar-refractivity contribution in [2.24, 2.45) is 0 Å². The van der Waals surface area contributed by atoms with Crippen LogP contribution < -0.4 is 10.9 Å². The maximum Gasteiger partial charge on any atom is 0.277 e. The van der Waals surface area contributed by atoms with Crippen LogP contribution in [0.3, 0.4) is 0 Å². The summed E-state index contributed by atoms with van der Waals surface area (Å²) in [5, 5.41) is 16.6. The van der Waals surface area contributed by atoms with E-state index in [-0.39, 0.29) is 11.5 Å². The van der Waals surface area contributed by atoms with E-state index in [0.717, 1.165) is 11.3 Å². The number of carbonyl (C=O) groups is 1. The van der Waals surface area contributed by atoms with Crippen molar-refractivity contribution in [2.75, 3.05) is 11.1 Å². The molecule has 1 amide bonds. The topological polar surface area (TPSA) is 116 Å². The van der Waals surface area contributed by atoms with E-state index in [2.05, 4.69) is 30.7 Å². The second-order valence-corrected chi connectivity index (χ2v) is 7.47. The van der Waals surface area contributed by atoms with Crippen LogP contribution in [-0.4, -0.2) is 37.0 Å². The molecule has 2 aromatic carbocycles. The van der Waals surface area contributed by atoms with E-state index in [1.165, 1.54) is 11.8 Å². The van der Waals surface area contributed by atoms with Crippen LogP contribution in [0.15, 0.2) is 70.6 Å². The molecule has 9 heteroatoms. The fourth-order valence-electron chi connectivity index (χ4n) is 3.02. The van der Waals surface area contributed by atoms with Gasteiger partial charge in [0.05, 0.1) is 5.69 Å². The van der Waals surface area contributed by atoms with Crippen LogP contribution in [0.5, 0.6) is 0 Å². The Morgan fingerprint density at radius 1 is 0.967 bits per heavy atom. The Labute approximate surface area is 176 Å². The molecule has 3 N–H and O–H groups in total. The lowest BCUT2D eigenvalue weighted by Crippen LogP contribution is -2.26. The summed E-state index contributed by atoms with van der Waals surface area (Å²) in [5.41, 5.74) is 1.81. The minimum absolute atomic E-state index is 0.0452. The number of nitrogens with zero attached hydrogens (tertiary/aromatic N) is 3. The molecule has 0 aliphatic heterocycles. The number of hydrogen-bond acceptors (Lipinski definition) is 6. The summed E-state index contributed by atoms with van der Waals surface area (Å²) in [6.07, 6.45) is 0. The summed E-state index contributed by atoms with van der Waals surface area (Å²) >= 11 is 1.44. The van der Waals surface area contributed by atoms with E-state index < -0.39 is 11.5 Å². The predicted octanol–water partition coefficient (Wildman–Crippen LogP) is 3.59. The van der Waals surface area contributed by atoms with Crippen molar-refractivity contribution >= 4 is 23.6 Å². The highest BCUT2D eigenvalue weighted by molar-refractivity contribution is 7.99. The van der Waals surface area contributed by atoms with E-state index in [9.17, 15) is 9.59 Å². The molecule has 0 unspecified atom stereocenters. The zero-order valence-corrected chi connectivity index (χ0v) is 16.9. The number of amides is 1. The van der Waals surface area contributed by atoms with Crippen LogP contribution in [0.1, 0.15) is 17.3 Å². The van der Waals surface area contributed by atoms with E-state index in [0.29, 0.717) is 22.0 Å². The maximum absolute atomic E-state index is 13.1. The zero-order chi connectivity index (χ0) is 20.9. The van der Waals surface area contributed by atoms with Gasteiger partial charge in [0.1, 0.15) is 5.56 Å². The van der Waals surface area contributed by atoms with E-state index in [1.54, 1.807) is 0 Å². The van der Waals surface area contributed by atoms with E-state index in [1.807, 2.05) is 67.6 Å². The lowest BCUT2D eigenvalue weighted by atomic mass is 9.95. The molecule has 30 heavy (non-hydrogen) atoms. The quantitative estimate of drug-likeness (QED) is 0.412. The third-order valence-corrected chi connectivity index (χ3v) is 5.02. The third kappa shape index (κ3) is 4.01. The minimum Gasteiger partial charge on any atom is -0.291 e. The van der Waals surface area contributed by atoms with Gasteiger partial charge in [0.15, 0.2) is 0 Å². The van der Waals surface area contributed by atoms with Crippen molar-refractivity contribution in [3.63, 3.8) is 0 Å². The first-order valence-corrected chi connectivity index (χ1v) is 10.3. The highest BCUT2D eigenvalue weighted by atomic mass is 32.2. The molecule has 0 fully saturated rings. The van der Waals surface area contributed by atoms with Gasteiger partial charge in [-0.1, -0.05) is 79.3 Å². The third-order valence-electron chi connectivity index (χ3n) is 4.29. The molecule has 2 heterocycles. The van der Waals surface area contributed by atoms with Gasteiger partial charge in [0.2, 0.25) is 11.1 Å². The molecule has 2 aromatic heterocycles. The molecule has 0 atom stereocenters. The fraction of sp³-hybridized carbons (Fsp3) is 0.0952. The lowest BCUT2D eigenvalue weighted by Gasteiger charge is -2.13. The molecule has 150 valence electrons. The van der Waals surface area contributed by atoms with Crippen LogP contribution in [0, 0.1) is 0 Å². The average Bonchev–Trinajstić information content (AvgIpc) is 3.21. The number of aromatic amines is 2. The predicted molar refractivity (Wildman–Crippen MR) is 116 cm³/mol.